The molecule has 2 fully saturated rings. The molecule has 2 aliphatic rings. The Morgan fingerprint density at radius 1 is 1.11 bits per heavy atom. The van der Waals surface area contributed by atoms with E-state index in [4.69, 9.17) is 4.42 Å². The van der Waals surface area contributed by atoms with Crippen LogP contribution in [0.5, 0.6) is 0 Å². The summed E-state index contributed by atoms with van der Waals surface area (Å²) < 4.78 is 5.33. The van der Waals surface area contributed by atoms with E-state index >= 15 is 0 Å². The molecular weight excluding hydrogens is 354 g/mol. The summed E-state index contributed by atoms with van der Waals surface area (Å²) in [5.41, 5.74) is 2.59. The quantitative estimate of drug-likeness (QED) is 0.797. The van der Waals surface area contributed by atoms with Gasteiger partial charge in [-0.1, -0.05) is 29.8 Å². The van der Waals surface area contributed by atoms with E-state index in [1.54, 1.807) is 11.2 Å². The Kier molecular flexibility index (Phi) is 5.48. The molecule has 2 saturated heterocycles. The maximum Gasteiger partial charge on any atom is 0.228 e. The lowest BCUT2D eigenvalue weighted by Crippen LogP contribution is -2.50. The highest BCUT2D eigenvalue weighted by Gasteiger charge is 2.37. The number of carbonyl (C=O) groups is 2. The van der Waals surface area contributed by atoms with Crippen LogP contribution in [0, 0.1) is 12.8 Å². The van der Waals surface area contributed by atoms with Gasteiger partial charge in [0, 0.05) is 45.7 Å². The summed E-state index contributed by atoms with van der Waals surface area (Å²) in [7, 11) is 0. The number of piperazine rings is 1. The fourth-order valence-electron chi connectivity index (χ4n) is 4.13. The van der Waals surface area contributed by atoms with Gasteiger partial charge in [0.25, 0.3) is 0 Å². The zero-order valence-electron chi connectivity index (χ0n) is 16.3. The van der Waals surface area contributed by atoms with Crippen molar-refractivity contribution in [1.29, 1.82) is 0 Å². The minimum atomic E-state index is -0.231. The van der Waals surface area contributed by atoms with Gasteiger partial charge in [0.2, 0.25) is 11.8 Å². The SMILES string of the molecule is Cc1cccc(CN2CCN(C(=O)C3CC(=O)N(Cc4ccco4)C3)CC2)c1. The van der Waals surface area contributed by atoms with Gasteiger partial charge >= 0.3 is 0 Å². The number of nitrogens with zero attached hydrogens (tertiary/aromatic N) is 3. The Balaban J connectivity index is 1.27. The largest absolute Gasteiger partial charge is 0.467 e. The average Bonchev–Trinajstić information content (AvgIpc) is 3.32. The van der Waals surface area contributed by atoms with Crippen LogP contribution in [0.15, 0.2) is 47.1 Å². The lowest BCUT2D eigenvalue weighted by molar-refractivity contribution is -0.137. The number of hydrogen-bond donors (Lipinski definition) is 0. The van der Waals surface area contributed by atoms with Gasteiger partial charge in [-0.3, -0.25) is 14.5 Å². The molecule has 148 valence electrons. The summed E-state index contributed by atoms with van der Waals surface area (Å²) in [4.78, 5) is 31.2. The maximum atomic E-state index is 12.9. The van der Waals surface area contributed by atoms with Gasteiger partial charge < -0.3 is 14.2 Å². The van der Waals surface area contributed by atoms with E-state index in [0.29, 0.717) is 19.5 Å². The minimum absolute atomic E-state index is 0.0350. The number of amides is 2. The molecule has 0 bridgehead atoms. The molecule has 2 amide bonds. The van der Waals surface area contributed by atoms with Crippen molar-refractivity contribution in [3.8, 4) is 0 Å². The molecule has 1 unspecified atom stereocenters. The first-order valence-electron chi connectivity index (χ1n) is 9.95. The van der Waals surface area contributed by atoms with Crippen LogP contribution in [0.25, 0.3) is 0 Å². The highest BCUT2D eigenvalue weighted by Crippen LogP contribution is 2.23. The number of furan rings is 1. The number of likely N-dealkylation sites (tertiary alicyclic amines) is 1. The second-order valence-electron chi connectivity index (χ2n) is 7.85. The molecule has 0 spiro atoms. The summed E-state index contributed by atoms with van der Waals surface area (Å²) in [5, 5.41) is 0. The molecule has 3 heterocycles. The van der Waals surface area contributed by atoms with Crippen molar-refractivity contribution >= 4 is 11.8 Å². The average molecular weight is 381 g/mol. The topological polar surface area (TPSA) is 57.0 Å². The molecule has 6 heteroatoms. The number of carbonyl (C=O) groups excluding carboxylic acids is 2. The fraction of sp³-hybridized carbons (Fsp3) is 0.455. The van der Waals surface area contributed by atoms with Gasteiger partial charge in [0.15, 0.2) is 0 Å². The van der Waals surface area contributed by atoms with Crippen molar-refractivity contribution in [2.75, 3.05) is 32.7 Å². The van der Waals surface area contributed by atoms with Crippen LogP contribution >= 0.6 is 0 Å². The van der Waals surface area contributed by atoms with E-state index in [0.717, 1.165) is 38.5 Å². The fourth-order valence-corrected chi connectivity index (χ4v) is 4.13. The molecule has 0 N–H and O–H groups in total. The Hall–Kier alpha value is -2.60. The van der Waals surface area contributed by atoms with E-state index < -0.39 is 0 Å². The third-order valence-electron chi connectivity index (χ3n) is 5.66. The maximum absolute atomic E-state index is 12.9. The Morgan fingerprint density at radius 3 is 2.64 bits per heavy atom. The number of rotatable bonds is 5. The summed E-state index contributed by atoms with van der Waals surface area (Å²) in [6.45, 7) is 7.16. The zero-order chi connectivity index (χ0) is 19.5. The Labute approximate surface area is 165 Å². The van der Waals surface area contributed by atoms with Gasteiger partial charge in [-0.05, 0) is 24.6 Å². The van der Waals surface area contributed by atoms with Crippen LogP contribution < -0.4 is 0 Å². The van der Waals surface area contributed by atoms with E-state index in [9.17, 15) is 9.59 Å². The van der Waals surface area contributed by atoms with Crippen molar-refractivity contribution in [2.45, 2.75) is 26.4 Å². The normalized spacial score (nSPS) is 20.8. The molecule has 0 saturated carbocycles. The molecule has 1 atom stereocenters. The Morgan fingerprint density at radius 2 is 1.93 bits per heavy atom. The highest BCUT2D eigenvalue weighted by atomic mass is 16.3. The van der Waals surface area contributed by atoms with Gasteiger partial charge in [-0.2, -0.15) is 0 Å². The number of benzene rings is 1. The second-order valence-corrected chi connectivity index (χ2v) is 7.85. The van der Waals surface area contributed by atoms with Crippen molar-refractivity contribution in [2.24, 2.45) is 5.92 Å². The van der Waals surface area contributed by atoms with Gasteiger partial charge in [0.1, 0.15) is 5.76 Å². The first-order chi connectivity index (χ1) is 13.6. The minimum Gasteiger partial charge on any atom is -0.467 e. The molecule has 2 aliphatic heterocycles. The van der Waals surface area contributed by atoms with Crippen molar-refractivity contribution in [3.63, 3.8) is 0 Å². The van der Waals surface area contributed by atoms with Crippen LogP contribution in [0.1, 0.15) is 23.3 Å². The van der Waals surface area contributed by atoms with E-state index in [2.05, 4.69) is 36.1 Å². The first-order valence-corrected chi connectivity index (χ1v) is 9.95. The third kappa shape index (κ3) is 4.28. The van der Waals surface area contributed by atoms with Crippen LogP contribution in [-0.4, -0.2) is 59.2 Å². The van der Waals surface area contributed by atoms with Crippen molar-refractivity contribution < 1.29 is 14.0 Å². The first kappa shape index (κ1) is 18.7. The number of hydrogen-bond acceptors (Lipinski definition) is 4. The summed E-state index contributed by atoms with van der Waals surface area (Å²) in [6, 6.07) is 12.2. The molecule has 1 aromatic heterocycles. The highest BCUT2D eigenvalue weighted by molar-refractivity contribution is 5.89. The molecule has 2 aromatic rings. The summed E-state index contributed by atoms with van der Waals surface area (Å²) in [5.74, 6) is 0.676. The van der Waals surface area contributed by atoms with Crippen LogP contribution in [-0.2, 0) is 22.7 Å². The predicted molar refractivity (Wildman–Crippen MR) is 105 cm³/mol. The predicted octanol–water partition coefficient (Wildman–Crippen LogP) is 2.28. The monoisotopic (exact) mass is 381 g/mol. The summed E-state index contributed by atoms with van der Waals surface area (Å²) >= 11 is 0. The molecule has 1 aromatic carbocycles. The van der Waals surface area contributed by atoms with Crippen LogP contribution in [0.3, 0.4) is 0 Å². The standard InChI is InChI=1S/C22H27N3O3/c1-17-4-2-5-18(12-17)14-23-7-9-24(10-8-23)22(27)19-13-21(26)25(15-19)16-20-6-3-11-28-20/h2-6,11-12,19H,7-10,13-16H2,1H3. The Bertz CT molecular complexity index is 825. The smallest absolute Gasteiger partial charge is 0.228 e. The molecule has 4 rings (SSSR count). The van der Waals surface area contributed by atoms with Crippen LogP contribution in [0.2, 0.25) is 0 Å². The molecular formula is C22H27N3O3. The van der Waals surface area contributed by atoms with E-state index in [-0.39, 0.29) is 17.7 Å². The van der Waals surface area contributed by atoms with Crippen LogP contribution in [0.4, 0.5) is 0 Å². The van der Waals surface area contributed by atoms with E-state index in [1.165, 1.54) is 11.1 Å². The lowest BCUT2D eigenvalue weighted by atomic mass is 10.1. The third-order valence-corrected chi connectivity index (χ3v) is 5.66. The molecule has 0 radical (unpaired) electrons. The van der Waals surface area contributed by atoms with Gasteiger partial charge in [-0.25, -0.2) is 0 Å². The van der Waals surface area contributed by atoms with Gasteiger partial charge in [0.05, 0.1) is 18.7 Å². The van der Waals surface area contributed by atoms with Gasteiger partial charge in [-0.15, -0.1) is 0 Å². The molecule has 0 aliphatic carbocycles. The van der Waals surface area contributed by atoms with Crippen molar-refractivity contribution in [3.05, 3.63) is 59.5 Å². The molecule has 28 heavy (non-hydrogen) atoms. The van der Waals surface area contributed by atoms with E-state index in [1.807, 2.05) is 17.0 Å². The lowest BCUT2D eigenvalue weighted by Gasteiger charge is -2.36. The molecule has 6 nitrogen and oxygen atoms in total. The summed E-state index contributed by atoms with van der Waals surface area (Å²) in [6.07, 6.45) is 1.91. The number of aryl methyl sites for hydroxylation is 1. The van der Waals surface area contributed by atoms with Crippen molar-refractivity contribution in [1.82, 2.24) is 14.7 Å². The second kappa shape index (κ2) is 8.19. The zero-order valence-corrected chi connectivity index (χ0v) is 16.3.